The van der Waals surface area contributed by atoms with E-state index in [4.69, 9.17) is 14.2 Å². The van der Waals surface area contributed by atoms with Crippen LogP contribution >= 0.6 is 0 Å². The zero-order valence-corrected chi connectivity index (χ0v) is 17.2. The van der Waals surface area contributed by atoms with Gasteiger partial charge in [-0.05, 0) is 30.7 Å². The van der Waals surface area contributed by atoms with Crippen molar-refractivity contribution in [3.63, 3.8) is 0 Å². The summed E-state index contributed by atoms with van der Waals surface area (Å²) in [6.45, 7) is 1.64. The number of carbonyl (C=O) groups is 2. The zero-order valence-electron chi connectivity index (χ0n) is 17.2. The first-order valence-electron chi connectivity index (χ1n) is 9.23. The average molecular weight is 427 g/mol. The van der Waals surface area contributed by atoms with E-state index in [2.05, 4.69) is 5.32 Å². The molecule has 0 atom stereocenters. The molecule has 10 nitrogen and oxygen atoms in total. The van der Waals surface area contributed by atoms with Crippen LogP contribution in [0.15, 0.2) is 53.7 Å². The molecule has 0 bridgehead atoms. The Morgan fingerprint density at radius 2 is 1.87 bits per heavy atom. The van der Waals surface area contributed by atoms with Crippen LogP contribution in [0.1, 0.15) is 5.56 Å². The second kappa shape index (κ2) is 9.26. The van der Waals surface area contributed by atoms with E-state index in [9.17, 15) is 19.7 Å². The lowest BCUT2D eigenvalue weighted by Crippen LogP contribution is -2.39. The van der Waals surface area contributed by atoms with Crippen molar-refractivity contribution in [3.8, 4) is 0 Å². The molecule has 3 rings (SSSR count). The average Bonchev–Trinajstić information content (AvgIpc) is 2.77. The second-order valence-electron chi connectivity index (χ2n) is 6.67. The fraction of sp³-hybridized carbons (Fsp3) is 0.238. The molecule has 0 unspecified atom stereocenters. The minimum atomic E-state index is -0.795. The largest absolute Gasteiger partial charge is 0.466 e. The van der Waals surface area contributed by atoms with Crippen molar-refractivity contribution in [1.29, 1.82) is 0 Å². The molecule has 0 saturated carbocycles. The number of anilines is 3. The maximum atomic E-state index is 12.6. The van der Waals surface area contributed by atoms with E-state index in [1.807, 2.05) is 31.2 Å². The Morgan fingerprint density at radius 1 is 1.13 bits per heavy atom. The van der Waals surface area contributed by atoms with Gasteiger partial charge in [-0.3, -0.25) is 10.1 Å². The Morgan fingerprint density at radius 3 is 2.52 bits per heavy atom. The SMILES string of the molecule is COC(=O)C1=C(C(=O)OC)N(c2cc([N+](=O)[O-])ccc2Nc2cccc(C)c2)COC1. The van der Waals surface area contributed by atoms with Crippen LogP contribution in [0.25, 0.3) is 0 Å². The number of nitrogens with one attached hydrogen (secondary N) is 1. The molecule has 0 fully saturated rings. The summed E-state index contributed by atoms with van der Waals surface area (Å²) in [6, 6.07) is 11.7. The van der Waals surface area contributed by atoms with Crippen LogP contribution in [0.4, 0.5) is 22.7 Å². The number of hydrogen-bond donors (Lipinski definition) is 1. The van der Waals surface area contributed by atoms with Gasteiger partial charge in [-0.1, -0.05) is 12.1 Å². The molecular formula is C21H21N3O7. The third-order valence-corrected chi connectivity index (χ3v) is 4.61. The number of methoxy groups -OCH3 is 2. The Hall–Kier alpha value is -3.92. The second-order valence-corrected chi connectivity index (χ2v) is 6.67. The first-order chi connectivity index (χ1) is 14.8. The Labute approximate surface area is 178 Å². The fourth-order valence-electron chi connectivity index (χ4n) is 3.17. The van der Waals surface area contributed by atoms with E-state index < -0.39 is 16.9 Å². The summed E-state index contributed by atoms with van der Waals surface area (Å²) in [6.07, 6.45) is 0. The lowest BCUT2D eigenvalue weighted by atomic mass is 10.1. The number of ether oxygens (including phenoxy) is 3. The van der Waals surface area contributed by atoms with E-state index in [1.165, 1.54) is 37.3 Å². The van der Waals surface area contributed by atoms with Gasteiger partial charge in [0, 0.05) is 17.8 Å². The van der Waals surface area contributed by atoms with Gasteiger partial charge in [-0.25, -0.2) is 9.59 Å². The van der Waals surface area contributed by atoms with Crippen LogP contribution < -0.4 is 10.2 Å². The fourth-order valence-corrected chi connectivity index (χ4v) is 3.17. The van der Waals surface area contributed by atoms with E-state index in [1.54, 1.807) is 0 Å². The first kappa shape index (κ1) is 21.8. The first-order valence-corrected chi connectivity index (χ1v) is 9.23. The standard InChI is InChI=1S/C21H21N3O7/c1-13-5-4-6-14(9-13)22-17-8-7-15(24(27)28)10-18(17)23-12-31-11-16(20(25)29-2)19(23)21(26)30-3/h4-10,22H,11-12H2,1-3H3. The van der Waals surface area contributed by atoms with Crippen LogP contribution in [0, 0.1) is 17.0 Å². The number of esters is 2. The van der Waals surface area contributed by atoms with Crippen LogP contribution in [-0.2, 0) is 23.8 Å². The summed E-state index contributed by atoms with van der Waals surface area (Å²) in [5.41, 5.74) is 2.13. The van der Waals surface area contributed by atoms with Crippen LogP contribution in [0.5, 0.6) is 0 Å². The van der Waals surface area contributed by atoms with Crippen molar-refractivity contribution >= 4 is 34.7 Å². The highest BCUT2D eigenvalue weighted by Crippen LogP contribution is 2.37. The van der Waals surface area contributed by atoms with E-state index in [-0.39, 0.29) is 36.0 Å². The van der Waals surface area contributed by atoms with E-state index in [0.717, 1.165) is 11.3 Å². The molecule has 0 saturated heterocycles. The van der Waals surface area contributed by atoms with Crippen molar-refractivity contribution in [1.82, 2.24) is 0 Å². The molecule has 31 heavy (non-hydrogen) atoms. The lowest BCUT2D eigenvalue weighted by Gasteiger charge is -2.32. The van der Waals surface area contributed by atoms with Gasteiger partial charge in [0.2, 0.25) is 0 Å². The molecule has 1 aliphatic heterocycles. The van der Waals surface area contributed by atoms with Gasteiger partial charge in [0.05, 0.1) is 42.7 Å². The quantitative estimate of drug-likeness (QED) is 0.421. The van der Waals surface area contributed by atoms with Gasteiger partial charge in [-0.2, -0.15) is 0 Å². The molecule has 0 aliphatic carbocycles. The number of nitrogens with zero attached hydrogens (tertiary/aromatic N) is 2. The third-order valence-electron chi connectivity index (χ3n) is 4.61. The summed E-state index contributed by atoms with van der Waals surface area (Å²) in [7, 11) is 2.36. The molecule has 1 N–H and O–H groups in total. The topological polar surface area (TPSA) is 120 Å². The number of carbonyl (C=O) groups excluding carboxylic acids is 2. The molecular weight excluding hydrogens is 406 g/mol. The van der Waals surface area contributed by atoms with Crippen LogP contribution in [-0.4, -0.2) is 44.4 Å². The number of aryl methyl sites for hydroxylation is 1. The molecule has 0 aromatic heterocycles. The summed E-state index contributed by atoms with van der Waals surface area (Å²) in [5.74, 6) is -1.56. The summed E-state index contributed by atoms with van der Waals surface area (Å²) < 4.78 is 15.1. The molecule has 10 heteroatoms. The number of nitro benzene ring substituents is 1. The summed E-state index contributed by atoms with van der Waals surface area (Å²) in [5, 5.41) is 14.6. The molecule has 1 heterocycles. The predicted molar refractivity (Wildman–Crippen MR) is 112 cm³/mol. The number of rotatable bonds is 6. The van der Waals surface area contributed by atoms with Crippen molar-refractivity contribution in [3.05, 3.63) is 69.4 Å². The minimum absolute atomic E-state index is 0.0476. The zero-order chi connectivity index (χ0) is 22.5. The molecule has 2 aromatic carbocycles. The van der Waals surface area contributed by atoms with Gasteiger partial charge in [0.25, 0.3) is 5.69 Å². The van der Waals surface area contributed by atoms with Crippen molar-refractivity contribution in [2.45, 2.75) is 6.92 Å². The maximum Gasteiger partial charge on any atom is 0.355 e. The van der Waals surface area contributed by atoms with Gasteiger partial charge in [-0.15, -0.1) is 0 Å². The van der Waals surface area contributed by atoms with Crippen molar-refractivity contribution in [2.24, 2.45) is 0 Å². The Kier molecular flexibility index (Phi) is 6.51. The number of non-ortho nitro benzene ring substituents is 1. The summed E-state index contributed by atoms with van der Waals surface area (Å²) >= 11 is 0. The maximum absolute atomic E-state index is 12.6. The molecule has 0 amide bonds. The van der Waals surface area contributed by atoms with Crippen molar-refractivity contribution < 1.29 is 28.7 Å². The van der Waals surface area contributed by atoms with Gasteiger partial charge in [0.1, 0.15) is 12.4 Å². The Bertz CT molecular complexity index is 1060. The molecule has 1 aliphatic rings. The highest BCUT2D eigenvalue weighted by molar-refractivity contribution is 6.04. The van der Waals surface area contributed by atoms with Gasteiger partial charge >= 0.3 is 11.9 Å². The third kappa shape index (κ3) is 4.64. The Balaban J connectivity index is 2.17. The van der Waals surface area contributed by atoms with Gasteiger partial charge < -0.3 is 24.4 Å². The number of hydrogen-bond acceptors (Lipinski definition) is 9. The molecule has 0 spiro atoms. The molecule has 0 radical (unpaired) electrons. The van der Waals surface area contributed by atoms with E-state index >= 15 is 0 Å². The van der Waals surface area contributed by atoms with E-state index in [0.29, 0.717) is 5.69 Å². The normalized spacial score (nSPS) is 13.6. The molecule has 162 valence electrons. The number of nitro groups is 1. The number of benzene rings is 2. The predicted octanol–water partition coefficient (Wildman–Crippen LogP) is 3.04. The molecule has 2 aromatic rings. The smallest absolute Gasteiger partial charge is 0.355 e. The highest BCUT2D eigenvalue weighted by Gasteiger charge is 2.34. The highest BCUT2D eigenvalue weighted by atomic mass is 16.6. The van der Waals surface area contributed by atoms with Crippen LogP contribution in [0.2, 0.25) is 0 Å². The summed E-state index contributed by atoms with van der Waals surface area (Å²) in [4.78, 5) is 37.0. The van der Waals surface area contributed by atoms with Gasteiger partial charge in [0.15, 0.2) is 0 Å². The van der Waals surface area contributed by atoms with Crippen molar-refractivity contribution in [2.75, 3.05) is 37.8 Å². The lowest BCUT2D eigenvalue weighted by molar-refractivity contribution is -0.384. The minimum Gasteiger partial charge on any atom is -0.466 e. The monoisotopic (exact) mass is 427 g/mol. The van der Waals surface area contributed by atoms with Crippen LogP contribution in [0.3, 0.4) is 0 Å².